The number of hydrazone groups is 1. The molecule has 1 N–H and O–H groups in total. The smallest absolute Gasteiger partial charge is 0.123 e. The van der Waals surface area contributed by atoms with Gasteiger partial charge in [-0.3, -0.25) is 5.43 Å². The Kier molecular flexibility index (Phi) is 1.95. The van der Waals surface area contributed by atoms with Gasteiger partial charge in [-0.2, -0.15) is 5.10 Å². The van der Waals surface area contributed by atoms with Gasteiger partial charge in [0.05, 0.1) is 0 Å². The molecule has 0 fully saturated rings. The number of hydrogen-bond acceptors (Lipinski definition) is 3. The molecule has 0 aromatic heterocycles. The van der Waals surface area contributed by atoms with Crippen LogP contribution in [0.4, 0.5) is 0 Å². The molecule has 0 bridgehead atoms. The van der Waals surface area contributed by atoms with Gasteiger partial charge < -0.3 is 4.90 Å². The molecule has 1 aromatic carbocycles. The molecule has 2 aliphatic rings. The van der Waals surface area contributed by atoms with E-state index in [4.69, 9.17) is 0 Å². The van der Waals surface area contributed by atoms with Crippen LogP contribution in [-0.4, -0.2) is 17.8 Å². The first-order valence-corrected chi connectivity index (χ1v) is 5.24. The average molecular weight is 199 g/mol. The van der Waals surface area contributed by atoms with E-state index in [1.807, 2.05) is 6.34 Å². The molecular weight excluding hydrogens is 186 g/mol. The number of nitrogens with one attached hydrogen (secondary N) is 1. The number of benzene rings is 1. The van der Waals surface area contributed by atoms with E-state index in [0.29, 0.717) is 5.92 Å². The van der Waals surface area contributed by atoms with Crippen LogP contribution in [-0.2, 0) is 0 Å². The Morgan fingerprint density at radius 3 is 3.00 bits per heavy atom. The van der Waals surface area contributed by atoms with Crippen LogP contribution in [0.5, 0.6) is 0 Å². The maximum atomic E-state index is 4.04. The zero-order chi connectivity index (χ0) is 10.1. The van der Waals surface area contributed by atoms with Crippen LogP contribution in [0.1, 0.15) is 17.9 Å². The molecule has 1 atom stereocenters. The van der Waals surface area contributed by atoms with Crippen LogP contribution in [0.2, 0.25) is 0 Å². The highest BCUT2D eigenvalue weighted by Gasteiger charge is 2.23. The fraction of sp³-hybridized carbons (Fsp3) is 0.250. The Bertz CT molecular complexity index is 408. The first kappa shape index (κ1) is 8.53. The lowest BCUT2D eigenvalue weighted by Gasteiger charge is -2.27. The minimum absolute atomic E-state index is 0.585. The number of rotatable bonds is 1. The van der Waals surface area contributed by atoms with Gasteiger partial charge >= 0.3 is 0 Å². The molecule has 0 saturated carbocycles. The third-order valence-electron chi connectivity index (χ3n) is 2.97. The SMILES string of the molecule is C1=NNC2=CCC(c3ccccc3)CN12. The lowest BCUT2D eigenvalue weighted by Crippen LogP contribution is -2.30. The summed E-state index contributed by atoms with van der Waals surface area (Å²) in [5.41, 5.74) is 4.40. The van der Waals surface area contributed by atoms with Crippen LogP contribution >= 0.6 is 0 Å². The molecule has 0 radical (unpaired) electrons. The summed E-state index contributed by atoms with van der Waals surface area (Å²) in [4.78, 5) is 2.17. The standard InChI is InChI=1S/C12H13N3/c1-2-4-10(5-3-1)11-6-7-12-14-13-9-15(12)8-11/h1-5,7,9,11,14H,6,8H2. The van der Waals surface area contributed by atoms with Crippen molar-refractivity contribution in [2.45, 2.75) is 12.3 Å². The van der Waals surface area contributed by atoms with Gasteiger partial charge in [-0.1, -0.05) is 30.3 Å². The quantitative estimate of drug-likeness (QED) is 0.747. The fourth-order valence-corrected chi connectivity index (χ4v) is 2.13. The summed E-state index contributed by atoms with van der Waals surface area (Å²) in [6.45, 7) is 1.02. The highest BCUT2D eigenvalue weighted by molar-refractivity contribution is 5.61. The van der Waals surface area contributed by atoms with E-state index < -0.39 is 0 Å². The number of hydrogen-bond donors (Lipinski definition) is 1. The molecule has 0 saturated heterocycles. The van der Waals surface area contributed by atoms with Gasteiger partial charge in [-0.05, 0) is 18.1 Å². The number of allylic oxidation sites excluding steroid dienone is 1. The second-order valence-electron chi connectivity index (χ2n) is 3.94. The molecule has 3 rings (SSSR count). The van der Waals surface area contributed by atoms with E-state index in [1.54, 1.807) is 0 Å². The van der Waals surface area contributed by atoms with Crippen LogP contribution in [0.25, 0.3) is 0 Å². The van der Waals surface area contributed by atoms with Crippen LogP contribution in [0.15, 0.2) is 47.3 Å². The van der Waals surface area contributed by atoms with Crippen LogP contribution < -0.4 is 5.43 Å². The average Bonchev–Trinajstić information content (AvgIpc) is 2.77. The van der Waals surface area contributed by atoms with Gasteiger partial charge in [0, 0.05) is 12.5 Å². The number of fused-ring (bicyclic) bond motifs is 1. The van der Waals surface area contributed by atoms with Crippen LogP contribution in [0.3, 0.4) is 0 Å². The third kappa shape index (κ3) is 1.50. The monoisotopic (exact) mass is 199 g/mol. The molecule has 0 spiro atoms. The Labute approximate surface area is 89.1 Å². The van der Waals surface area contributed by atoms with Gasteiger partial charge in [-0.25, -0.2) is 0 Å². The first-order valence-electron chi connectivity index (χ1n) is 5.24. The predicted molar refractivity (Wildman–Crippen MR) is 60.2 cm³/mol. The van der Waals surface area contributed by atoms with E-state index in [-0.39, 0.29) is 0 Å². The number of nitrogens with zero attached hydrogens (tertiary/aromatic N) is 2. The summed E-state index contributed by atoms with van der Waals surface area (Å²) in [5, 5.41) is 4.04. The highest BCUT2D eigenvalue weighted by atomic mass is 15.5. The van der Waals surface area contributed by atoms with E-state index in [9.17, 15) is 0 Å². The van der Waals surface area contributed by atoms with Gasteiger partial charge in [-0.15, -0.1) is 0 Å². The van der Waals surface area contributed by atoms with Crippen LogP contribution in [0, 0.1) is 0 Å². The van der Waals surface area contributed by atoms with Crippen molar-refractivity contribution < 1.29 is 0 Å². The normalized spacial score (nSPS) is 23.3. The third-order valence-corrected chi connectivity index (χ3v) is 2.97. The summed E-state index contributed by atoms with van der Waals surface area (Å²) < 4.78 is 0. The zero-order valence-corrected chi connectivity index (χ0v) is 8.43. The lowest BCUT2D eigenvalue weighted by molar-refractivity contribution is 0.432. The second-order valence-corrected chi connectivity index (χ2v) is 3.94. The summed E-state index contributed by atoms with van der Waals surface area (Å²) in [7, 11) is 0. The second kappa shape index (κ2) is 3.42. The van der Waals surface area contributed by atoms with Gasteiger partial charge in [0.25, 0.3) is 0 Å². The van der Waals surface area contributed by atoms with E-state index in [1.165, 1.54) is 5.56 Å². The van der Waals surface area contributed by atoms with Crippen molar-refractivity contribution in [2.24, 2.45) is 5.10 Å². The molecule has 2 aliphatic heterocycles. The van der Waals surface area contributed by atoms with E-state index >= 15 is 0 Å². The summed E-state index contributed by atoms with van der Waals surface area (Å²) in [6, 6.07) is 10.7. The molecule has 1 unspecified atom stereocenters. The molecule has 15 heavy (non-hydrogen) atoms. The summed E-state index contributed by atoms with van der Waals surface area (Å²) in [5.74, 6) is 1.71. The summed E-state index contributed by atoms with van der Waals surface area (Å²) in [6.07, 6.45) is 5.17. The van der Waals surface area contributed by atoms with Gasteiger partial charge in [0.2, 0.25) is 0 Å². The predicted octanol–water partition coefficient (Wildman–Crippen LogP) is 1.86. The Balaban J connectivity index is 1.84. The van der Waals surface area contributed by atoms with E-state index in [0.717, 1.165) is 18.8 Å². The maximum absolute atomic E-state index is 4.04. The van der Waals surface area contributed by atoms with Crippen molar-refractivity contribution in [3.8, 4) is 0 Å². The maximum Gasteiger partial charge on any atom is 0.123 e. The molecule has 76 valence electrons. The Morgan fingerprint density at radius 1 is 1.27 bits per heavy atom. The van der Waals surface area contributed by atoms with Crippen molar-refractivity contribution in [3.63, 3.8) is 0 Å². The largest absolute Gasteiger partial charge is 0.316 e. The molecular formula is C12H13N3. The molecule has 0 aliphatic carbocycles. The highest BCUT2D eigenvalue weighted by Crippen LogP contribution is 2.27. The molecule has 3 heteroatoms. The minimum atomic E-state index is 0.585. The lowest BCUT2D eigenvalue weighted by atomic mass is 9.93. The minimum Gasteiger partial charge on any atom is -0.316 e. The Morgan fingerprint density at radius 2 is 2.13 bits per heavy atom. The van der Waals surface area contributed by atoms with Crippen molar-refractivity contribution >= 4 is 6.34 Å². The first-order chi connectivity index (χ1) is 7.43. The van der Waals surface area contributed by atoms with Crippen molar-refractivity contribution in [1.29, 1.82) is 0 Å². The molecule has 1 aromatic rings. The van der Waals surface area contributed by atoms with E-state index in [2.05, 4.69) is 51.8 Å². The molecule has 0 amide bonds. The molecule has 3 nitrogen and oxygen atoms in total. The zero-order valence-electron chi connectivity index (χ0n) is 8.43. The topological polar surface area (TPSA) is 27.6 Å². The fourth-order valence-electron chi connectivity index (χ4n) is 2.13. The van der Waals surface area contributed by atoms with Gasteiger partial charge in [0.1, 0.15) is 12.2 Å². The Hall–Kier alpha value is -1.77. The van der Waals surface area contributed by atoms with Crippen molar-refractivity contribution in [1.82, 2.24) is 10.3 Å². The van der Waals surface area contributed by atoms with Gasteiger partial charge in [0.15, 0.2) is 0 Å². The summed E-state index contributed by atoms with van der Waals surface area (Å²) >= 11 is 0. The van der Waals surface area contributed by atoms with Crippen molar-refractivity contribution in [3.05, 3.63) is 47.8 Å². The van der Waals surface area contributed by atoms with Crippen molar-refractivity contribution in [2.75, 3.05) is 6.54 Å². The molecule has 2 heterocycles.